The molecule has 1 aliphatic rings. The highest BCUT2D eigenvalue weighted by Crippen LogP contribution is 2.31. The molecule has 1 aromatic carbocycles. The average molecular weight is 275 g/mol. The average Bonchev–Trinajstić information content (AvgIpc) is 2.39. The van der Waals surface area contributed by atoms with Gasteiger partial charge in [-0.3, -0.25) is 4.79 Å². The molecule has 0 radical (unpaired) electrons. The summed E-state index contributed by atoms with van der Waals surface area (Å²) in [6.07, 6.45) is 3.77. The van der Waals surface area contributed by atoms with Crippen molar-refractivity contribution < 1.29 is 9.90 Å². The molecule has 1 fully saturated rings. The molecule has 20 heavy (non-hydrogen) atoms. The smallest absolute Gasteiger partial charge is 0.251 e. The Hall–Kier alpha value is -1.35. The standard InChI is InChI=1S/C17H25NO2/c1-12-6-5-9-17(20,10-12)11-18-16(19)15-8-4-7-13(2)14(15)3/h4,7-8,12,20H,5-6,9-11H2,1-3H3,(H,18,19). The highest BCUT2D eigenvalue weighted by Gasteiger charge is 2.32. The van der Waals surface area contributed by atoms with Crippen LogP contribution in [-0.4, -0.2) is 23.2 Å². The van der Waals surface area contributed by atoms with Gasteiger partial charge in [-0.25, -0.2) is 0 Å². The van der Waals surface area contributed by atoms with Crippen LogP contribution in [0.2, 0.25) is 0 Å². The first-order valence-corrected chi connectivity index (χ1v) is 7.48. The van der Waals surface area contributed by atoms with E-state index in [1.165, 1.54) is 6.42 Å². The topological polar surface area (TPSA) is 49.3 Å². The fraction of sp³-hybridized carbons (Fsp3) is 0.588. The van der Waals surface area contributed by atoms with Crippen LogP contribution in [0.25, 0.3) is 0 Å². The van der Waals surface area contributed by atoms with E-state index in [-0.39, 0.29) is 5.91 Å². The Morgan fingerprint density at radius 3 is 2.90 bits per heavy atom. The van der Waals surface area contributed by atoms with Crippen molar-refractivity contribution in [3.05, 3.63) is 34.9 Å². The monoisotopic (exact) mass is 275 g/mol. The summed E-state index contributed by atoms with van der Waals surface area (Å²) in [5.41, 5.74) is 2.10. The minimum atomic E-state index is -0.731. The Balaban J connectivity index is 2.00. The molecular weight excluding hydrogens is 250 g/mol. The largest absolute Gasteiger partial charge is 0.388 e. The zero-order valence-corrected chi connectivity index (χ0v) is 12.7. The molecule has 0 aromatic heterocycles. The van der Waals surface area contributed by atoms with Gasteiger partial charge < -0.3 is 10.4 Å². The highest BCUT2D eigenvalue weighted by molar-refractivity contribution is 5.95. The maximum atomic E-state index is 12.3. The number of carbonyl (C=O) groups is 1. The molecule has 0 spiro atoms. The molecule has 1 aromatic rings. The molecular formula is C17H25NO2. The van der Waals surface area contributed by atoms with Gasteiger partial charge in [0.2, 0.25) is 0 Å². The quantitative estimate of drug-likeness (QED) is 0.891. The van der Waals surface area contributed by atoms with E-state index in [4.69, 9.17) is 0 Å². The molecule has 2 atom stereocenters. The van der Waals surface area contributed by atoms with Crippen LogP contribution in [0, 0.1) is 19.8 Å². The molecule has 0 bridgehead atoms. The molecule has 0 aliphatic heterocycles. The van der Waals surface area contributed by atoms with Gasteiger partial charge in [0, 0.05) is 12.1 Å². The third-order valence-corrected chi connectivity index (χ3v) is 4.49. The van der Waals surface area contributed by atoms with Gasteiger partial charge in [0.1, 0.15) is 0 Å². The van der Waals surface area contributed by atoms with Crippen molar-refractivity contribution in [3.8, 4) is 0 Å². The van der Waals surface area contributed by atoms with E-state index in [0.717, 1.165) is 30.4 Å². The van der Waals surface area contributed by atoms with Crippen LogP contribution >= 0.6 is 0 Å². The van der Waals surface area contributed by atoms with E-state index in [9.17, 15) is 9.90 Å². The predicted octanol–water partition coefficient (Wildman–Crippen LogP) is 2.97. The minimum Gasteiger partial charge on any atom is -0.388 e. The Kier molecular flexibility index (Phi) is 4.48. The van der Waals surface area contributed by atoms with Crippen LogP contribution in [0.5, 0.6) is 0 Å². The molecule has 3 heteroatoms. The van der Waals surface area contributed by atoms with Gasteiger partial charge in [0.25, 0.3) is 5.91 Å². The molecule has 110 valence electrons. The van der Waals surface area contributed by atoms with Gasteiger partial charge in [0.15, 0.2) is 0 Å². The third-order valence-electron chi connectivity index (χ3n) is 4.49. The number of aryl methyl sites for hydroxylation is 1. The van der Waals surface area contributed by atoms with Crippen LogP contribution in [-0.2, 0) is 0 Å². The van der Waals surface area contributed by atoms with E-state index in [0.29, 0.717) is 18.0 Å². The maximum absolute atomic E-state index is 12.3. The number of hydrogen-bond acceptors (Lipinski definition) is 2. The summed E-state index contributed by atoms with van der Waals surface area (Å²) in [4.78, 5) is 12.3. The van der Waals surface area contributed by atoms with Crippen molar-refractivity contribution in [1.29, 1.82) is 0 Å². The number of benzene rings is 1. The summed E-state index contributed by atoms with van der Waals surface area (Å²) in [6, 6.07) is 5.74. The minimum absolute atomic E-state index is 0.0853. The Morgan fingerprint density at radius 2 is 2.20 bits per heavy atom. The molecule has 0 saturated heterocycles. The van der Waals surface area contributed by atoms with Gasteiger partial charge in [-0.05, 0) is 49.8 Å². The Labute approximate surface area is 121 Å². The SMILES string of the molecule is Cc1cccc(C(=O)NCC2(O)CCCC(C)C2)c1C. The van der Waals surface area contributed by atoms with Crippen molar-refractivity contribution in [2.24, 2.45) is 5.92 Å². The van der Waals surface area contributed by atoms with Crippen LogP contribution in [0.1, 0.15) is 54.1 Å². The van der Waals surface area contributed by atoms with Gasteiger partial charge in [-0.2, -0.15) is 0 Å². The van der Waals surface area contributed by atoms with E-state index < -0.39 is 5.60 Å². The van der Waals surface area contributed by atoms with Gasteiger partial charge in [-0.15, -0.1) is 0 Å². The lowest BCUT2D eigenvalue weighted by Gasteiger charge is -2.35. The fourth-order valence-corrected chi connectivity index (χ4v) is 3.13. The first-order valence-electron chi connectivity index (χ1n) is 7.48. The van der Waals surface area contributed by atoms with Gasteiger partial charge >= 0.3 is 0 Å². The molecule has 3 nitrogen and oxygen atoms in total. The fourth-order valence-electron chi connectivity index (χ4n) is 3.13. The van der Waals surface area contributed by atoms with Crippen molar-refractivity contribution in [2.45, 2.75) is 52.1 Å². The van der Waals surface area contributed by atoms with Gasteiger partial charge in [0.05, 0.1) is 5.60 Å². The van der Waals surface area contributed by atoms with Crippen LogP contribution in [0.15, 0.2) is 18.2 Å². The molecule has 2 unspecified atom stereocenters. The lowest BCUT2D eigenvalue weighted by molar-refractivity contribution is -0.0109. The van der Waals surface area contributed by atoms with E-state index in [1.54, 1.807) is 0 Å². The van der Waals surface area contributed by atoms with E-state index in [2.05, 4.69) is 12.2 Å². The molecule has 1 saturated carbocycles. The zero-order chi connectivity index (χ0) is 14.8. The molecule has 2 N–H and O–H groups in total. The van der Waals surface area contributed by atoms with Crippen molar-refractivity contribution in [3.63, 3.8) is 0 Å². The number of rotatable bonds is 3. The summed E-state index contributed by atoms with van der Waals surface area (Å²) in [7, 11) is 0. The lowest BCUT2D eigenvalue weighted by Crippen LogP contribution is -2.45. The maximum Gasteiger partial charge on any atom is 0.251 e. The summed E-state index contributed by atoms with van der Waals surface area (Å²) in [5.74, 6) is 0.448. The molecule has 1 amide bonds. The number of nitrogens with one attached hydrogen (secondary N) is 1. The molecule has 2 rings (SSSR count). The Bertz CT molecular complexity index is 498. The van der Waals surface area contributed by atoms with E-state index >= 15 is 0 Å². The first-order chi connectivity index (χ1) is 9.41. The van der Waals surface area contributed by atoms with Crippen LogP contribution < -0.4 is 5.32 Å². The lowest BCUT2D eigenvalue weighted by atomic mass is 9.79. The number of aliphatic hydroxyl groups is 1. The van der Waals surface area contributed by atoms with Crippen molar-refractivity contribution >= 4 is 5.91 Å². The van der Waals surface area contributed by atoms with Crippen molar-refractivity contribution in [2.75, 3.05) is 6.54 Å². The molecule has 1 aliphatic carbocycles. The second-order valence-corrected chi connectivity index (χ2v) is 6.36. The summed E-state index contributed by atoms with van der Waals surface area (Å²) >= 11 is 0. The highest BCUT2D eigenvalue weighted by atomic mass is 16.3. The molecule has 0 heterocycles. The van der Waals surface area contributed by atoms with Gasteiger partial charge in [-0.1, -0.05) is 31.9 Å². The number of amides is 1. The number of hydrogen-bond donors (Lipinski definition) is 2. The van der Waals surface area contributed by atoms with Crippen LogP contribution in [0.3, 0.4) is 0 Å². The summed E-state index contributed by atoms with van der Waals surface area (Å²) in [5, 5.41) is 13.5. The first kappa shape index (κ1) is 15.0. The van der Waals surface area contributed by atoms with E-state index in [1.807, 2.05) is 32.0 Å². The normalized spacial score (nSPS) is 26.3. The summed E-state index contributed by atoms with van der Waals surface area (Å²) in [6.45, 7) is 6.48. The Morgan fingerprint density at radius 1 is 1.45 bits per heavy atom. The summed E-state index contributed by atoms with van der Waals surface area (Å²) < 4.78 is 0. The van der Waals surface area contributed by atoms with Crippen LogP contribution in [0.4, 0.5) is 0 Å². The third kappa shape index (κ3) is 3.40. The second-order valence-electron chi connectivity index (χ2n) is 6.36. The predicted molar refractivity (Wildman–Crippen MR) is 80.8 cm³/mol. The number of carbonyl (C=O) groups excluding carboxylic acids is 1. The second kappa shape index (κ2) is 5.96. The van der Waals surface area contributed by atoms with Crippen molar-refractivity contribution in [1.82, 2.24) is 5.32 Å². The zero-order valence-electron chi connectivity index (χ0n) is 12.7.